The standard InChI is InChI=1S/C13H26N2O/c1-4-8-11(2)15(3)13(16)12-9-6-5-7-10-14-12/h11-12,14H,4-10H2,1-3H3. The summed E-state index contributed by atoms with van der Waals surface area (Å²) >= 11 is 0. The molecule has 0 aromatic rings. The zero-order chi connectivity index (χ0) is 12.0. The molecule has 2 unspecified atom stereocenters. The number of rotatable bonds is 4. The third-order valence-electron chi connectivity index (χ3n) is 3.57. The van der Waals surface area contributed by atoms with Crippen LogP contribution in [0, 0.1) is 0 Å². The summed E-state index contributed by atoms with van der Waals surface area (Å²) < 4.78 is 0. The quantitative estimate of drug-likeness (QED) is 0.797. The number of hydrogen-bond acceptors (Lipinski definition) is 2. The summed E-state index contributed by atoms with van der Waals surface area (Å²) in [4.78, 5) is 14.2. The molecule has 1 fully saturated rings. The van der Waals surface area contributed by atoms with Gasteiger partial charge in [-0.2, -0.15) is 0 Å². The molecule has 1 saturated heterocycles. The van der Waals surface area contributed by atoms with E-state index in [1.54, 1.807) is 0 Å². The Hall–Kier alpha value is -0.570. The van der Waals surface area contributed by atoms with Crippen LogP contribution < -0.4 is 5.32 Å². The molecule has 0 radical (unpaired) electrons. The summed E-state index contributed by atoms with van der Waals surface area (Å²) in [6.07, 6.45) is 6.87. The van der Waals surface area contributed by atoms with Gasteiger partial charge in [0.15, 0.2) is 0 Å². The van der Waals surface area contributed by atoms with E-state index in [4.69, 9.17) is 0 Å². The van der Waals surface area contributed by atoms with Crippen LogP contribution in [-0.4, -0.2) is 36.5 Å². The van der Waals surface area contributed by atoms with Crippen molar-refractivity contribution >= 4 is 5.91 Å². The molecule has 94 valence electrons. The second-order valence-electron chi connectivity index (χ2n) is 4.94. The molecule has 0 aromatic carbocycles. The van der Waals surface area contributed by atoms with E-state index in [1.165, 1.54) is 19.3 Å². The maximum atomic E-state index is 12.2. The van der Waals surface area contributed by atoms with Gasteiger partial charge >= 0.3 is 0 Å². The Kier molecular flexibility index (Phi) is 5.81. The zero-order valence-electron chi connectivity index (χ0n) is 11.0. The summed E-state index contributed by atoms with van der Waals surface area (Å²) in [6.45, 7) is 5.29. The molecule has 0 spiro atoms. The Labute approximate surface area is 99.6 Å². The lowest BCUT2D eigenvalue weighted by Crippen LogP contribution is -2.47. The third kappa shape index (κ3) is 3.78. The highest BCUT2D eigenvalue weighted by Gasteiger charge is 2.24. The van der Waals surface area contributed by atoms with E-state index in [9.17, 15) is 4.79 Å². The molecule has 1 heterocycles. The number of likely N-dealkylation sites (N-methyl/N-ethyl adjacent to an activating group) is 1. The fraction of sp³-hybridized carbons (Fsp3) is 0.923. The number of nitrogens with zero attached hydrogens (tertiary/aromatic N) is 1. The Bertz CT molecular complexity index is 210. The zero-order valence-corrected chi connectivity index (χ0v) is 11.0. The normalized spacial score (nSPS) is 23.6. The van der Waals surface area contributed by atoms with E-state index >= 15 is 0 Å². The van der Waals surface area contributed by atoms with Gasteiger partial charge < -0.3 is 10.2 Å². The van der Waals surface area contributed by atoms with Gasteiger partial charge in [-0.1, -0.05) is 26.2 Å². The smallest absolute Gasteiger partial charge is 0.239 e. The summed E-state index contributed by atoms with van der Waals surface area (Å²) in [7, 11) is 1.94. The first-order valence-corrected chi connectivity index (χ1v) is 6.67. The Balaban J connectivity index is 2.47. The molecule has 1 rings (SSSR count). The Morgan fingerprint density at radius 2 is 2.19 bits per heavy atom. The van der Waals surface area contributed by atoms with Crippen molar-refractivity contribution in [1.29, 1.82) is 0 Å². The van der Waals surface area contributed by atoms with Crippen LogP contribution in [0.15, 0.2) is 0 Å². The van der Waals surface area contributed by atoms with E-state index in [2.05, 4.69) is 19.2 Å². The molecular formula is C13H26N2O. The van der Waals surface area contributed by atoms with Crippen LogP contribution in [0.2, 0.25) is 0 Å². The lowest BCUT2D eigenvalue weighted by Gasteiger charge is -2.28. The highest BCUT2D eigenvalue weighted by atomic mass is 16.2. The van der Waals surface area contributed by atoms with Crippen LogP contribution >= 0.6 is 0 Å². The highest BCUT2D eigenvalue weighted by molar-refractivity contribution is 5.81. The first-order valence-electron chi connectivity index (χ1n) is 6.67. The molecule has 1 aliphatic rings. The topological polar surface area (TPSA) is 32.3 Å². The molecule has 1 amide bonds. The summed E-state index contributed by atoms with van der Waals surface area (Å²) in [6, 6.07) is 0.425. The van der Waals surface area contributed by atoms with Crippen LogP contribution in [0.1, 0.15) is 52.4 Å². The average molecular weight is 226 g/mol. The minimum absolute atomic E-state index is 0.0619. The van der Waals surface area contributed by atoms with Gasteiger partial charge in [0.25, 0.3) is 0 Å². The second kappa shape index (κ2) is 6.89. The molecule has 0 aliphatic carbocycles. The summed E-state index contributed by atoms with van der Waals surface area (Å²) in [5.74, 6) is 0.280. The monoisotopic (exact) mass is 226 g/mol. The predicted octanol–water partition coefficient (Wildman–Crippen LogP) is 2.17. The number of nitrogens with one attached hydrogen (secondary N) is 1. The van der Waals surface area contributed by atoms with Gasteiger partial charge in [-0.15, -0.1) is 0 Å². The average Bonchev–Trinajstić information content (AvgIpc) is 2.56. The van der Waals surface area contributed by atoms with E-state index in [0.717, 1.165) is 25.8 Å². The first-order chi connectivity index (χ1) is 7.66. The van der Waals surface area contributed by atoms with Crippen molar-refractivity contribution in [1.82, 2.24) is 10.2 Å². The molecule has 1 aliphatic heterocycles. The van der Waals surface area contributed by atoms with Crippen LogP contribution in [0.4, 0.5) is 0 Å². The second-order valence-corrected chi connectivity index (χ2v) is 4.94. The largest absolute Gasteiger partial charge is 0.342 e. The molecule has 16 heavy (non-hydrogen) atoms. The van der Waals surface area contributed by atoms with Crippen LogP contribution in [0.3, 0.4) is 0 Å². The fourth-order valence-electron chi connectivity index (χ4n) is 2.31. The highest BCUT2D eigenvalue weighted by Crippen LogP contribution is 2.13. The summed E-state index contributed by atoms with van der Waals surface area (Å²) in [5, 5.41) is 3.37. The molecular weight excluding hydrogens is 200 g/mol. The van der Waals surface area contributed by atoms with E-state index in [-0.39, 0.29) is 11.9 Å². The molecule has 0 aromatic heterocycles. The van der Waals surface area contributed by atoms with E-state index in [0.29, 0.717) is 6.04 Å². The molecule has 0 saturated carbocycles. The fourth-order valence-corrected chi connectivity index (χ4v) is 2.31. The van der Waals surface area contributed by atoms with Crippen molar-refractivity contribution in [2.45, 2.75) is 64.5 Å². The Morgan fingerprint density at radius 3 is 2.88 bits per heavy atom. The SMILES string of the molecule is CCCC(C)N(C)C(=O)C1CCCCCN1. The van der Waals surface area contributed by atoms with Gasteiger partial charge in [0, 0.05) is 13.1 Å². The summed E-state index contributed by atoms with van der Waals surface area (Å²) in [5.41, 5.74) is 0. The maximum Gasteiger partial charge on any atom is 0.239 e. The van der Waals surface area contributed by atoms with Crippen LogP contribution in [0.25, 0.3) is 0 Å². The van der Waals surface area contributed by atoms with Crippen molar-refractivity contribution in [3.05, 3.63) is 0 Å². The number of carbonyl (C=O) groups is 1. The molecule has 0 bridgehead atoms. The number of amides is 1. The van der Waals surface area contributed by atoms with E-state index < -0.39 is 0 Å². The van der Waals surface area contributed by atoms with Crippen LogP contribution in [-0.2, 0) is 4.79 Å². The van der Waals surface area contributed by atoms with Crippen molar-refractivity contribution in [3.63, 3.8) is 0 Å². The van der Waals surface area contributed by atoms with Crippen molar-refractivity contribution in [2.75, 3.05) is 13.6 Å². The van der Waals surface area contributed by atoms with Gasteiger partial charge in [-0.05, 0) is 32.7 Å². The number of hydrogen-bond donors (Lipinski definition) is 1. The third-order valence-corrected chi connectivity index (χ3v) is 3.57. The van der Waals surface area contributed by atoms with Gasteiger partial charge in [-0.25, -0.2) is 0 Å². The lowest BCUT2D eigenvalue weighted by atomic mass is 10.1. The minimum atomic E-state index is 0.0619. The molecule has 2 atom stereocenters. The van der Waals surface area contributed by atoms with Gasteiger partial charge in [0.05, 0.1) is 6.04 Å². The Morgan fingerprint density at radius 1 is 1.44 bits per heavy atom. The van der Waals surface area contributed by atoms with Gasteiger partial charge in [-0.3, -0.25) is 4.79 Å². The van der Waals surface area contributed by atoms with Crippen LogP contribution in [0.5, 0.6) is 0 Å². The molecule has 1 N–H and O–H groups in total. The van der Waals surface area contributed by atoms with Gasteiger partial charge in [0.2, 0.25) is 5.91 Å². The maximum absolute atomic E-state index is 12.2. The molecule has 3 heteroatoms. The molecule has 3 nitrogen and oxygen atoms in total. The van der Waals surface area contributed by atoms with Gasteiger partial charge in [0.1, 0.15) is 0 Å². The lowest BCUT2D eigenvalue weighted by molar-refractivity contribution is -0.134. The van der Waals surface area contributed by atoms with E-state index in [1.807, 2.05) is 11.9 Å². The first kappa shape index (κ1) is 13.5. The number of carbonyl (C=O) groups excluding carboxylic acids is 1. The predicted molar refractivity (Wildman–Crippen MR) is 67.4 cm³/mol. The minimum Gasteiger partial charge on any atom is -0.342 e. The van der Waals surface area contributed by atoms with Crippen molar-refractivity contribution in [3.8, 4) is 0 Å². The van der Waals surface area contributed by atoms with Crippen molar-refractivity contribution in [2.24, 2.45) is 0 Å². The van der Waals surface area contributed by atoms with Crippen molar-refractivity contribution < 1.29 is 4.79 Å².